The zero-order chi connectivity index (χ0) is 11.5. The molecule has 0 aliphatic carbocycles. The molecule has 2 amide bonds. The zero-order valence-electron chi connectivity index (χ0n) is 9.51. The second-order valence-electron chi connectivity index (χ2n) is 4.63. The summed E-state index contributed by atoms with van der Waals surface area (Å²) in [6.45, 7) is 1.56. The summed E-state index contributed by atoms with van der Waals surface area (Å²) in [5.74, 6) is 0. The highest BCUT2D eigenvalue weighted by atomic mass is 16.3. The van der Waals surface area contributed by atoms with E-state index < -0.39 is 0 Å². The van der Waals surface area contributed by atoms with Gasteiger partial charge >= 0.3 is 6.03 Å². The first-order chi connectivity index (χ1) is 7.77. The molecule has 5 heteroatoms. The van der Waals surface area contributed by atoms with E-state index in [-0.39, 0.29) is 31.3 Å². The topological polar surface area (TPSA) is 64.0 Å². The maximum absolute atomic E-state index is 12.2. The number of aliphatic hydroxyl groups excluding tert-OH is 2. The normalized spacial score (nSPS) is 30.1. The summed E-state index contributed by atoms with van der Waals surface area (Å²) in [5.41, 5.74) is 0. The molecule has 0 radical (unpaired) electrons. The van der Waals surface area contributed by atoms with Crippen LogP contribution in [-0.4, -0.2) is 64.4 Å². The van der Waals surface area contributed by atoms with Crippen molar-refractivity contribution in [2.75, 3.05) is 26.3 Å². The Morgan fingerprint density at radius 2 is 1.44 bits per heavy atom. The Bertz CT molecular complexity index is 236. The molecule has 2 N–H and O–H groups in total. The van der Waals surface area contributed by atoms with E-state index in [1.54, 1.807) is 9.80 Å². The van der Waals surface area contributed by atoms with Crippen molar-refractivity contribution in [3.63, 3.8) is 0 Å². The van der Waals surface area contributed by atoms with Gasteiger partial charge in [0.2, 0.25) is 0 Å². The van der Waals surface area contributed by atoms with Gasteiger partial charge in [0.1, 0.15) is 0 Å². The van der Waals surface area contributed by atoms with Gasteiger partial charge in [0, 0.05) is 13.1 Å². The third kappa shape index (κ3) is 2.01. The van der Waals surface area contributed by atoms with Crippen LogP contribution in [0, 0.1) is 0 Å². The number of amides is 2. The van der Waals surface area contributed by atoms with Gasteiger partial charge in [-0.05, 0) is 25.7 Å². The maximum Gasteiger partial charge on any atom is 0.320 e. The summed E-state index contributed by atoms with van der Waals surface area (Å²) >= 11 is 0. The van der Waals surface area contributed by atoms with Crippen molar-refractivity contribution in [1.29, 1.82) is 0 Å². The van der Waals surface area contributed by atoms with E-state index in [0.29, 0.717) is 0 Å². The number of nitrogens with zero attached hydrogens (tertiary/aromatic N) is 2. The summed E-state index contributed by atoms with van der Waals surface area (Å²) in [5, 5.41) is 18.4. The number of carbonyl (C=O) groups excluding carboxylic acids is 1. The molecule has 2 heterocycles. The molecule has 0 aromatic rings. The number of carbonyl (C=O) groups is 1. The molecule has 2 rings (SSSR count). The van der Waals surface area contributed by atoms with Crippen molar-refractivity contribution in [2.24, 2.45) is 0 Å². The van der Waals surface area contributed by atoms with Crippen molar-refractivity contribution in [1.82, 2.24) is 9.80 Å². The molecule has 2 aliphatic heterocycles. The van der Waals surface area contributed by atoms with E-state index in [1.807, 2.05) is 0 Å². The highest BCUT2D eigenvalue weighted by Crippen LogP contribution is 2.23. The molecule has 0 saturated carbocycles. The number of urea groups is 1. The van der Waals surface area contributed by atoms with E-state index in [4.69, 9.17) is 0 Å². The molecule has 2 saturated heterocycles. The average Bonchev–Trinajstić information content (AvgIpc) is 2.96. The van der Waals surface area contributed by atoms with E-state index in [1.165, 1.54) is 0 Å². The minimum absolute atomic E-state index is 0.00639. The second kappa shape index (κ2) is 5.01. The standard InChI is InChI=1S/C11H20N2O3/c14-7-9-3-1-5-12(9)11(16)13-6-2-4-10(13)8-15/h9-10,14-15H,1-8H2. The number of hydrogen-bond donors (Lipinski definition) is 2. The van der Waals surface area contributed by atoms with Crippen LogP contribution in [0.25, 0.3) is 0 Å². The third-order valence-electron chi connectivity index (χ3n) is 3.67. The molecule has 2 atom stereocenters. The lowest BCUT2D eigenvalue weighted by molar-refractivity contribution is 0.108. The van der Waals surface area contributed by atoms with Gasteiger partial charge in [0.15, 0.2) is 0 Å². The lowest BCUT2D eigenvalue weighted by Crippen LogP contribution is -2.49. The zero-order valence-corrected chi connectivity index (χ0v) is 9.51. The fourth-order valence-corrected chi connectivity index (χ4v) is 2.72. The largest absolute Gasteiger partial charge is 0.394 e. The molecule has 0 aromatic heterocycles. The van der Waals surface area contributed by atoms with E-state index in [9.17, 15) is 15.0 Å². The molecular weight excluding hydrogens is 208 g/mol. The fourth-order valence-electron chi connectivity index (χ4n) is 2.72. The molecule has 0 aromatic carbocycles. The van der Waals surface area contributed by atoms with Gasteiger partial charge in [-0.3, -0.25) is 0 Å². The SMILES string of the molecule is O=C(N1CCCC1CO)N1CCCC1CO. The number of rotatable bonds is 2. The smallest absolute Gasteiger partial charge is 0.320 e. The van der Waals surface area contributed by atoms with E-state index in [0.717, 1.165) is 38.8 Å². The summed E-state index contributed by atoms with van der Waals surface area (Å²) < 4.78 is 0. The van der Waals surface area contributed by atoms with Crippen molar-refractivity contribution >= 4 is 6.03 Å². The molecular formula is C11H20N2O3. The van der Waals surface area contributed by atoms with Crippen molar-refractivity contribution < 1.29 is 15.0 Å². The maximum atomic E-state index is 12.2. The van der Waals surface area contributed by atoms with Crippen LogP contribution in [0.5, 0.6) is 0 Å². The Balaban J connectivity index is 2.00. The van der Waals surface area contributed by atoms with Gasteiger partial charge < -0.3 is 20.0 Å². The van der Waals surface area contributed by atoms with Crippen LogP contribution in [-0.2, 0) is 0 Å². The second-order valence-corrected chi connectivity index (χ2v) is 4.63. The Hall–Kier alpha value is -0.810. The first-order valence-corrected chi connectivity index (χ1v) is 6.07. The molecule has 16 heavy (non-hydrogen) atoms. The minimum Gasteiger partial charge on any atom is -0.394 e. The van der Waals surface area contributed by atoms with Crippen LogP contribution in [0.4, 0.5) is 4.79 Å². The van der Waals surface area contributed by atoms with Crippen LogP contribution in [0.2, 0.25) is 0 Å². The Morgan fingerprint density at radius 1 is 1.00 bits per heavy atom. The van der Waals surface area contributed by atoms with Crippen molar-refractivity contribution in [2.45, 2.75) is 37.8 Å². The predicted octanol–water partition coefficient (Wildman–Crippen LogP) is 0.0198. The van der Waals surface area contributed by atoms with Crippen LogP contribution >= 0.6 is 0 Å². The van der Waals surface area contributed by atoms with Gasteiger partial charge in [-0.1, -0.05) is 0 Å². The molecule has 0 bridgehead atoms. The van der Waals surface area contributed by atoms with Crippen LogP contribution in [0.1, 0.15) is 25.7 Å². The number of hydrogen-bond acceptors (Lipinski definition) is 3. The predicted molar refractivity (Wildman–Crippen MR) is 59.0 cm³/mol. The first-order valence-electron chi connectivity index (χ1n) is 6.07. The van der Waals surface area contributed by atoms with Crippen LogP contribution in [0.15, 0.2) is 0 Å². The van der Waals surface area contributed by atoms with E-state index >= 15 is 0 Å². The minimum atomic E-state index is -0.0209. The molecule has 2 aliphatic rings. The van der Waals surface area contributed by atoms with Crippen molar-refractivity contribution in [3.05, 3.63) is 0 Å². The van der Waals surface area contributed by atoms with Crippen molar-refractivity contribution in [3.8, 4) is 0 Å². The summed E-state index contributed by atoms with van der Waals surface area (Å²) in [7, 11) is 0. The Kier molecular flexibility index (Phi) is 3.66. The van der Waals surface area contributed by atoms with Crippen LogP contribution < -0.4 is 0 Å². The van der Waals surface area contributed by atoms with Gasteiger partial charge in [-0.15, -0.1) is 0 Å². The lowest BCUT2D eigenvalue weighted by Gasteiger charge is -2.31. The number of aliphatic hydroxyl groups is 2. The van der Waals surface area contributed by atoms with Gasteiger partial charge in [-0.2, -0.15) is 0 Å². The van der Waals surface area contributed by atoms with Gasteiger partial charge in [-0.25, -0.2) is 4.79 Å². The average molecular weight is 228 g/mol. The highest BCUT2D eigenvalue weighted by molar-refractivity contribution is 5.75. The third-order valence-corrected chi connectivity index (χ3v) is 3.67. The summed E-state index contributed by atoms with van der Waals surface area (Å²) in [6, 6.07) is -0.0482. The fraction of sp³-hybridized carbons (Fsp3) is 0.909. The quantitative estimate of drug-likeness (QED) is 0.700. The first kappa shape index (κ1) is 11.7. The number of likely N-dealkylation sites (tertiary alicyclic amines) is 2. The molecule has 2 fully saturated rings. The molecule has 0 spiro atoms. The molecule has 2 unspecified atom stereocenters. The van der Waals surface area contributed by atoms with E-state index in [2.05, 4.69) is 0 Å². The summed E-state index contributed by atoms with van der Waals surface area (Å²) in [6.07, 6.45) is 3.71. The monoisotopic (exact) mass is 228 g/mol. The molecule has 5 nitrogen and oxygen atoms in total. The van der Waals surface area contributed by atoms with Crippen LogP contribution in [0.3, 0.4) is 0 Å². The Morgan fingerprint density at radius 3 is 1.81 bits per heavy atom. The van der Waals surface area contributed by atoms with Gasteiger partial charge in [0.05, 0.1) is 25.3 Å². The molecule has 92 valence electrons. The summed E-state index contributed by atoms with van der Waals surface area (Å²) in [4.78, 5) is 15.7. The Labute approximate surface area is 95.6 Å². The van der Waals surface area contributed by atoms with Gasteiger partial charge in [0.25, 0.3) is 0 Å². The lowest BCUT2D eigenvalue weighted by atomic mass is 10.2. The highest BCUT2D eigenvalue weighted by Gasteiger charge is 2.35.